The summed E-state index contributed by atoms with van der Waals surface area (Å²) in [5.41, 5.74) is 0.687. The molecule has 2 rings (SSSR count). The SMILES string of the molecule is CCn1cc(Cl)cc1C(=O)N1CCN[C@H](C)C1. The third-order valence-electron chi connectivity index (χ3n) is 3.08. The van der Waals surface area contributed by atoms with Crippen LogP contribution in [0, 0.1) is 0 Å². The van der Waals surface area contributed by atoms with Gasteiger partial charge in [-0.3, -0.25) is 4.79 Å². The molecule has 1 aliphatic heterocycles. The van der Waals surface area contributed by atoms with Gasteiger partial charge in [0, 0.05) is 38.4 Å². The molecular formula is C12H18ClN3O. The van der Waals surface area contributed by atoms with Crippen molar-refractivity contribution in [3.8, 4) is 0 Å². The van der Waals surface area contributed by atoms with E-state index >= 15 is 0 Å². The number of aryl methyl sites for hydroxylation is 1. The van der Waals surface area contributed by atoms with Gasteiger partial charge in [-0.2, -0.15) is 0 Å². The Morgan fingerprint density at radius 1 is 1.65 bits per heavy atom. The molecule has 0 aliphatic carbocycles. The number of halogens is 1. The van der Waals surface area contributed by atoms with E-state index in [1.807, 2.05) is 16.4 Å². The summed E-state index contributed by atoms with van der Waals surface area (Å²) in [6, 6.07) is 2.10. The largest absolute Gasteiger partial charge is 0.342 e. The number of hydrogen-bond donors (Lipinski definition) is 1. The summed E-state index contributed by atoms with van der Waals surface area (Å²) in [7, 11) is 0. The van der Waals surface area contributed by atoms with Gasteiger partial charge in [-0.1, -0.05) is 11.6 Å². The molecule has 1 amide bonds. The van der Waals surface area contributed by atoms with Gasteiger partial charge in [0.1, 0.15) is 5.69 Å². The maximum atomic E-state index is 12.4. The standard InChI is InChI=1S/C12H18ClN3O/c1-3-15-8-10(13)6-11(15)12(17)16-5-4-14-9(2)7-16/h6,8-9,14H,3-5,7H2,1-2H3/t9-/m1/s1. The Balaban J connectivity index is 2.18. The van der Waals surface area contributed by atoms with Crippen LogP contribution in [0.15, 0.2) is 12.3 Å². The maximum Gasteiger partial charge on any atom is 0.270 e. The molecule has 5 heteroatoms. The average Bonchev–Trinajstić information content (AvgIpc) is 2.69. The lowest BCUT2D eigenvalue weighted by Gasteiger charge is -2.32. The number of rotatable bonds is 2. The van der Waals surface area contributed by atoms with E-state index in [9.17, 15) is 4.79 Å². The summed E-state index contributed by atoms with van der Waals surface area (Å²) in [5, 5.41) is 3.95. The highest BCUT2D eigenvalue weighted by atomic mass is 35.5. The molecule has 1 aromatic rings. The van der Waals surface area contributed by atoms with Crippen molar-refractivity contribution in [2.45, 2.75) is 26.4 Å². The van der Waals surface area contributed by atoms with Gasteiger partial charge in [0.25, 0.3) is 5.91 Å². The second-order valence-corrected chi connectivity index (χ2v) is 4.87. The molecule has 0 bridgehead atoms. The van der Waals surface area contributed by atoms with Crippen LogP contribution >= 0.6 is 11.6 Å². The van der Waals surface area contributed by atoms with Crippen LogP contribution in [0.2, 0.25) is 5.02 Å². The van der Waals surface area contributed by atoms with Gasteiger partial charge in [0.2, 0.25) is 0 Å². The lowest BCUT2D eigenvalue weighted by Crippen LogP contribution is -2.51. The molecule has 1 aliphatic rings. The fraction of sp³-hybridized carbons (Fsp3) is 0.583. The highest BCUT2D eigenvalue weighted by molar-refractivity contribution is 6.31. The van der Waals surface area contributed by atoms with Crippen molar-refractivity contribution >= 4 is 17.5 Å². The molecule has 0 radical (unpaired) electrons. The first-order valence-corrected chi connectivity index (χ1v) is 6.38. The molecule has 1 aromatic heterocycles. The Morgan fingerprint density at radius 2 is 2.41 bits per heavy atom. The number of piperazine rings is 1. The summed E-state index contributed by atoms with van der Waals surface area (Å²) < 4.78 is 1.90. The lowest BCUT2D eigenvalue weighted by molar-refractivity contribution is 0.0698. The van der Waals surface area contributed by atoms with Crippen LogP contribution in [0.25, 0.3) is 0 Å². The van der Waals surface area contributed by atoms with Crippen molar-refractivity contribution in [2.75, 3.05) is 19.6 Å². The third kappa shape index (κ3) is 2.64. The van der Waals surface area contributed by atoms with E-state index in [4.69, 9.17) is 11.6 Å². The van der Waals surface area contributed by atoms with Gasteiger partial charge >= 0.3 is 0 Å². The van der Waals surface area contributed by atoms with Crippen LogP contribution in [0.4, 0.5) is 0 Å². The zero-order valence-corrected chi connectivity index (χ0v) is 11.0. The van der Waals surface area contributed by atoms with Crippen LogP contribution in [0.1, 0.15) is 24.3 Å². The van der Waals surface area contributed by atoms with E-state index in [0.29, 0.717) is 16.8 Å². The fourth-order valence-corrected chi connectivity index (χ4v) is 2.42. The normalized spacial score (nSPS) is 20.6. The Labute approximate surface area is 107 Å². The first kappa shape index (κ1) is 12.5. The van der Waals surface area contributed by atoms with Crippen molar-refractivity contribution in [3.63, 3.8) is 0 Å². The van der Waals surface area contributed by atoms with Crippen LogP contribution in [0.3, 0.4) is 0 Å². The number of nitrogens with one attached hydrogen (secondary N) is 1. The van der Waals surface area contributed by atoms with Gasteiger partial charge in [0.05, 0.1) is 5.02 Å². The first-order chi connectivity index (χ1) is 8.11. The quantitative estimate of drug-likeness (QED) is 0.872. The van der Waals surface area contributed by atoms with Crippen LogP contribution in [-0.2, 0) is 6.54 Å². The minimum atomic E-state index is 0.0760. The predicted molar refractivity (Wildman–Crippen MR) is 68.5 cm³/mol. The van der Waals surface area contributed by atoms with Crippen LogP contribution in [-0.4, -0.2) is 41.1 Å². The fourth-order valence-electron chi connectivity index (χ4n) is 2.19. The summed E-state index contributed by atoms with van der Waals surface area (Å²) in [4.78, 5) is 14.2. The molecule has 0 spiro atoms. The Kier molecular flexibility index (Phi) is 3.74. The van der Waals surface area contributed by atoms with Crippen LogP contribution in [0.5, 0.6) is 0 Å². The van der Waals surface area contributed by atoms with Crippen molar-refractivity contribution in [3.05, 3.63) is 23.0 Å². The van der Waals surface area contributed by atoms with E-state index in [2.05, 4.69) is 12.2 Å². The number of amides is 1. The second-order valence-electron chi connectivity index (χ2n) is 4.44. The summed E-state index contributed by atoms with van der Waals surface area (Å²) >= 11 is 5.95. The van der Waals surface area contributed by atoms with Gasteiger partial charge in [0.15, 0.2) is 0 Å². The van der Waals surface area contributed by atoms with E-state index in [1.165, 1.54) is 0 Å². The third-order valence-corrected chi connectivity index (χ3v) is 3.29. The number of hydrogen-bond acceptors (Lipinski definition) is 2. The molecule has 17 heavy (non-hydrogen) atoms. The number of aromatic nitrogens is 1. The number of carbonyl (C=O) groups excluding carboxylic acids is 1. The van der Waals surface area contributed by atoms with Crippen molar-refractivity contribution in [1.82, 2.24) is 14.8 Å². The van der Waals surface area contributed by atoms with E-state index in [1.54, 1.807) is 12.3 Å². The summed E-state index contributed by atoms with van der Waals surface area (Å²) in [6.45, 7) is 7.22. The van der Waals surface area contributed by atoms with Gasteiger partial charge in [-0.25, -0.2) is 0 Å². The highest BCUT2D eigenvalue weighted by Crippen LogP contribution is 2.16. The molecular weight excluding hydrogens is 238 g/mol. The van der Waals surface area contributed by atoms with E-state index in [-0.39, 0.29) is 5.91 Å². The zero-order chi connectivity index (χ0) is 12.4. The number of nitrogens with zero attached hydrogens (tertiary/aromatic N) is 2. The Hall–Kier alpha value is -1.00. The monoisotopic (exact) mass is 255 g/mol. The van der Waals surface area contributed by atoms with Crippen molar-refractivity contribution in [2.24, 2.45) is 0 Å². The minimum absolute atomic E-state index is 0.0760. The van der Waals surface area contributed by atoms with E-state index < -0.39 is 0 Å². The Bertz CT molecular complexity index is 416. The molecule has 1 fully saturated rings. The summed E-state index contributed by atoms with van der Waals surface area (Å²) in [6.07, 6.45) is 1.81. The molecule has 1 atom stereocenters. The van der Waals surface area contributed by atoms with Crippen molar-refractivity contribution in [1.29, 1.82) is 0 Å². The van der Waals surface area contributed by atoms with Gasteiger partial charge < -0.3 is 14.8 Å². The molecule has 4 nitrogen and oxygen atoms in total. The first-order valence-electron chi connectivity index (χ1n) is 6.00. The Morgan fingerprint density at radius 3 is 3.06 bits per heavy atom. The van der Waals surface area contributed by atoms with Gasteiger partial charge in [-0.15, -0.1) is 0 Å². The topological polar surface area (TPSA) is 37.3 Å². The molecule has 94 valence electrons. The highest BCUT2D eigenvalue weighted by Gasteiger charge is 2.23. The smallest absolute Gasteiger partial charge is 0.270 e. The van der Waals surface area contributed by atoms with E-state index in [0.717, 1.165) is 26.2 Å². The molecule has 2 heterocycles. The molecule has 1 N–H and O–H groups in total. The predicted octanol–water partition coefficient (Wildman–Crippen LogP) is 1.60. The molecule has 0 aromatic carbocycles. The summed E-state index contributed by atoms with van der Waals surface area (Å²) in [5.74, 6) is 0.0760. The number of carbonyl (C=O) groups is 1. The maximum absolute atomic E-state index is 12.4. The second kappa shape index (κ2) is 5.10. The molecule has 0 saturated carbocycles. The minimum Gasteiger partial charge on any atom is -0.342 e. The lowest BCUT2D eigenvalue weighted by atomic mass is 10.2. The zero-order valence-electron chi connectivity index (χ0n) is 10.2. The van der Waals surface area contributed by atoms with Crippen molar-refractivity contribution < 1.29 is 4.79 Å². The average molecular weight is 256 g/mol. The molecule has 0 unspecified atom stereocenters. The molecule has 1 saturated heterocycles. The van der Waals surface area contributed by atoms with Crippen LogP contribution < -0.4 is 5.32 Å². The van der Waals surface area contributed by atoms with Gasteiger partial charge in [-0.05, 0) is 19.9 Å².